The highest BCUT2D eigenvalue weighted by molar-refractivity contribution is 5.79. The molecular weight excluding hydrogens is 248 g/mol. The molecule has 106 valence electrons. The van der Waals surface area contributed by atoms with Crippen LogP contribution in [0.25, 0.3) is 0 Å². The van der Waals surface area contributed by atoms with Crippen LogP contribution in [0.4, 0.5) is 0 Å². The molecule has 0 aromatic heterocycles. The molecule has 0 amide bonds. The van der Waals surface area contributed by atoms with Gasteiger partial charge in [-0.2, -0.15) is 0 Å². The van der Waals surface area contributed by atoms with E-state index in [1.54, 1.807) is 34.6 Å². The third-order valence-corrected chi connectivity index (χ3v) is 2.45. The Balaban J connectivity index is 2.98. The maximum Gasteiger partial charge on any atom is 0.313 e. The maximum absolute atomic E-state index is 11.9. The van der Waals surface area contributed by atoms with Crippen LogP contribution in [-0.4, -0.2) is 17.7 Å². The fraction of sp³-hybridized carbons (Fsp3) is 0.643. The Morgan fingerprint density at radius 1 is 1.05 bits per heavy atom. The van der Waals surface area contributed by atoms with E-state index in [-0.39, 0.29) is 17.4 Å². The van der Waals surface area contributed by atoms with Crippen LogP contribution in [0.1, 0.15) is 53.0 Å². The molecule has 0 saturated carbocycles. The van der Waals surface area contributed by atoms with Gasteiger partial charge in [-0.25, -0.2) is 0 Å². The number of ether oxygens (including phenoxy) is 2. The molecular formula is C14H20O5. The molecule has 0 aliphatic heterocycles. The van der Waals surface area contributed by atoms with Crippen molar-refractivity contribution in [2.45, 2.75) is 59.2 Å². The molecule has 0 aliphatic carbocycles. The Labute approximate surface area is 112 Å². The van der Waals surface area contributed by atoms with E-state index in [1.165, 1.54) is 6.92 Å². The standard InChI is InChI=1S/C14H20O5/c1-7(2)18-12-9(10(15)11(12)16)8(3)13(17)19-14(4,5)6/h7-8H,1-6H3. The summed E-state index contributed by atoms with van der Waals surface area (Å²) in [7, 11) is 0. The van der Waals surface area contributed by atoms with Gasteiger partial charge in [0.15, 0.2) is 5.75 Å². The van der Waals surface area contributed by atoms with Gasteiger partial charge in [0.25, 0.3) is 5.43 Å². The average Bonchev–Trinajstić information content (AvgIpc) is 2.24. The van der Waals surface area contributed by atoms with Crippen molar-refractivity contribution in [3.05, 3.63) is 26.0 Å². The minimum absolute atomic E-state index is 0.00152. The Hall–Kier alpha value is -1.65. The smallest absolute Gasteiger partial charge is 0.313 e. The molecule has 0 heterocycles. The van der Waals surface area contributed by atoms with Crippen molar-refractivity contribution in [1.29, 1.82) is 0 Å². The summed E-state index contributed by atoms with van der Waals surface area (Å²) in [4.78, 5) is 34.9. The SMILES string of the molecule is CC(C)Oc1c(C(C)C(=O)OC(C)(C)C)c(=O)c1=O. The summed E-state index contributed by atoms with van der Waals surface area (Å²) >= 11 is 0. The summed E-state index contributed by atoms with van der Waals surface area (Å²) in [5.41, 5.74) is -1.84. The summed E-state index contributed by atoms with van der Waals surface area (Å²) < 4.78 is 10.5. The predicted molar refractivity (Wildman–Crippen MR) is 71.4 cm³/mol. The van der Waals surface area contributed by atoms with E-state index in [4.69, 9.17) is 9.47 Å². The minimum atomic E-state index is -0.793. The second-order valence-electron chi connectivity index (χ2n) is 5.82. The highest BCUT2D eigenvalue weighted by atomic mass is 16.6. The number of carbonyl (C=O) groups excluding carboxylic acids is 1. The van der Waals surface area contributed by atoms with Gasteiger partial charge in [0, 0.05) is 0 Å². The van der Waals surface area contributed by atoms with Crippen LogP contribution in [0.15, 0.2) is 9.59 Å². The van der Waals surface area contributed by atoms with Crippen molar-refractivity contribution in [3.8, 4) is 5.75 Å². The van der Waals surface area contributed by atoms with Crippen LogP contribution in [-0.2, 0) is 9.53 Å². The summed E-state index contributed by atoms with van der Waals surface area (Å²) in [6.45, 7) is 10.3. The first-order chi connectivity index (χ1) is 8.54. The zero-order chi connectivity index (χ0) is 15.0. The Bertz CT molecular complexity index is 541. The van der Waals surface area contributed by atoms with Gasteiger partial charge < -0.3 is 9.47 Å². The summed E-state index contributed by atoms with van der Waals surface area (Å²) in [6, 6.07) is 0. The van der Waals surface area contributed by atoms with E-state index < -0.39 is 28.3 Å². The number of esters is 1. The Kier molecular flexibility index (Phi) is 4.18. The van der Waals surface area contributed by atoms with Crippen LogP contribution in [0.3, 0.4) is 0 Å². The lowest BCUT2D eigenvalue weighted by Gasteiger charge is -2.24. The monoisotopic (exact) mass is 268 g/mol. The van der Waals surface area contributed by atoms with Crippen LogP contribution in [0.2, 0.25) is 0 Å². The molecule has 0 N–H and O–H groups in total. The zero-order valence-corrected chi connectivity index (χ0v) is 12.2. The van der Waals surface area contributed by atoms with Crippen LogP contribution >= 0.6 is 0 Å². The van der Waals surface area contributed by atoms with Crippen molar-refractivity contribution < 1.29 is 14.3 Å². The topological polar surface area (TPSA) is 69.7 Å². The third kappa shape index (κ3) is 3.43. The molecule has 0 bridgehead atoms. The number of carbonyl (C=O) groups is 1. The average molecular weight is 268 g/mol. The molecule has 0 saturated heterocycles. The first-order valence-electron chi connectivity index (χ1n) is 6.27. The third-order valence-electron chi connectivity index (χ3n) is 2.45. The lowest BCUT2D eigenvalue weighted by Crippen LogP contribution is -2.41. The quantitative estimate of drug-likeness (QED) is 0.611. The molecule has 1 unspecified atom stereocenters. The van der Waals surface area contributed by atoms with E-state index in [9.17, 15) is 14.4 Å². The highest BCUT2D eigenvalue weighted by Crippen LogP contribution is 2.25. The van der Waals surface area contributed by atoms with Crippen molar-refractivity contribution in [2.75, 3.05) is 0 Å². The molecule has 0 radical (unpaired) electrons. The zero-order valence-electron chi connectivity index (χ0n) is 12.2. The van der Waals surface area contributed by atoms with Gasteiger partial charge in [-0.1, -0.05) is 0 Å². The van der Waals surface area contributed by atoms with Crippen molar-refractivity contribution >= 4 is 5.97 Å². The second-order valence-corrected chi connectivity index (χ2v) is 5.82. The second kappa shape index (κ2) is 5.15. The summed E-state index contributed by atoms with van der Waals surface area (Å²) in [5.74, 6) is -1.33. The molecule has 5 nitrogen and oxygen atoms in total. The predicted octanol–water partition coefficient (Wildman–Crippen LogP) is 1.51. The molecule has 1 aromatic rings. The minimum Gasteiger partial charge on any atom is -0.486 e. The van der Waals surface area contributed by atoms with Gasteiger partial charge in [0.1, 0.15) is 5.60 Å². The van der Waals surface area contributed by atoms with E-state index in [0.29, 0.717) is 0 Å². The van der Waals surface area contributed by atoms with E-state index in [1.807, 2.05) is 0 Å². The lowest BCUT2D eigenvalue weighted by atomic mass is 9.95. The van der Waals surface area contributed by atoms with Gasteiger partial charge >= 0.3 is 5.97 Å². The van der Waals surface area contributed by atoms with Gasteiger partial charge in [0.2, 0.25) is 5.43 Å². The van der Waals surface area contributed by atoms with Gasteiger partial charge in [-0.05, 0) is 41.5 Å². The number of rotatable bonds is 4. The number of hydrogen-bond acceptors (Lipinski definition) is 5. The molecule has 1 rings (SSSR count). The van der Waals surface area contributed by atoms with Crippen LogP contribution < -0.4 is 15.6 Å². The molecule has 1 aromatic carbocycles. The van der Waals surface area contributed by atoms with E-state index >= 15 is 0 Å². The molecule has 1 atom stereocenters. The molecule has 0 spiro atoms. The fourth-order valence-corrected chi connectivity index (χ4v) is 1.64. The molecule has 5 heteroatoms. The Morgan fingerprint density at radius 2 is 1.58 bits per heavy atom. The largest absolute Gasteiger partial charge is 0.486 e. The van der Waals surface area contributed by atoms with Crippen molar-refractivity contribution in [2.24, 2.45) is 0 Å². The van der Waals surface area contributed by atoms with Gasteiger partial charge in [0.05, 0.1) is 17.6 Å². The summed E-state index contributed by atoms with van der Waals surface area (Å²) in [5, 5.41) is 0. The molecule has 19 heavy (non-hydrogen) atoms. The maximum atomic E-state index is 11.9. The van der Waals surface area contributed by atoms with E-state index in [0.717, 1.165) is 0 Å². The first-order valence-corrected chi connectivity index (χ1v) is 6.27. The molecule has 0 fully saturated rings. The normalized spacial score (nSPS) is 13.6. The van der Waals surface area contributed by atoms with Gasteiger partial charge in [-0.15, -0.1) is 0 Å². The number of hydrogen-bond donors (Lipinski definition) is 0. The van der Waals surface area contributed by atoms with Crippen LogP contribution in [0.5, 0.6) is 5.75 Å². The lowest BCUT2D eigenvalue weighted by molar-refractivity contribution is -0.156. The van der Waals surface area contributed by atoms with Crippen molar-refractivity contribution in [1.82, 2.24) is 0 Å². The molecule has 0 aliphatic rings. The first kappa shape index (κ1) is 15.4. The van der Waals surface area contributed by atoms with Crippen LogP contribution in [0, 0.1) is 0 Å². The van der Waals surface area contributed by atoms with Crippen molar-refractivity contribution in [3.63, 3.8) is 0 Å². The van der Waals surface area contributed by atoms with E-state index in [2.05, 4.69) is 0 Å². The Morgan fingerprint density at radius 3 is 2.00 bits per heavy atom. The fourth-order valence-electron chi connectivity index (χ4n) is 1.64. The summed E-state index contributed by atoms with van der Waals surface area (Å²) in [6.07, 6.45) is -0.229. The highest BCUT2D eigenvalue weighted by Gasteiger charge is 2.33. The van der Waals surface area contributed by atoms with Gasteiger partial charge in [-0.3, -0.25) is 14.4 Å².